The molecule has 0 heterocycles. The highest BCUT2D eigenvalue weighted by atomic mass is 15.1. The summed E-state index contributed by atoms with van der Waals surface area (Å²) in [5, 5.41) is 0. The van der Waals surface area contributed by atoms with Gasteiger partial charge in [-0.2, -0.15) is 0 Å². The van der Waals surface area contributed by atoms with Crippen LogP contribution >= 0.6 is 0 Å². The van der Waals surface area contributed by atoms with Crippen molar-refractivity contribution in [1.29, 1.82) is 0 Å². The van der Waals surface area contributed by atoms with Crippen LogP contribution < -0.4 is 0 Å². The zero-order chi connectivity index (χ0) is 10.8. The lowest BCUT2D eigenvalue weighted by molar-refractivity contribution is 0.372. The second-order valence-electron chi connectivity index (χ2n) is 4.64. The second-order valence-corrected chi connectivity index (χ2v) is 4.64. The van der Waals surface area contributed by atoms with Gasteiger partial charge in [-0.15, -0.1) is 0 Å². The highest BCUT2D eigenvalue weighted by Gasteiger charge is 2.06. The number of rotatable bonds is 9. The molecule has 0 aromatic heterocycles. The smallest absolute Gasteiger partial charge is 0.137 e. The number of unbranched alkanes of at least 4 members (excludes halogenated alkanes) is 3. The first kappa shape index (κ1) is 14.0. The third-order valence-corrected chi connectivity index (χ3v) is 3.09. The molecular weight excluding hydrogens is 169 g/mol. The van der Waals surface area contributed by atoms with Gasteiger partial charge >= 0.3 is 0 Å². The third kappa shape index (κ3) is 8.62. The van der Waals surface area contributed by atoms with Crippen LogP contribution in [0, 0.1) is 0 Å². The minimum Gasteiger partial charge on any atom is -0.307 e. The molecule has 0 unspecified atom stereocenters. The molecule has 0 aliphatic rings. The molecule has 0 spiro atoms. The maximum absolute atomic E-state index is 2.41. The molecule has 14 heavy (non-hydrogen) atoms. The van der Waals surface area contributed by atoms with Gasteiger partial charge in [0.05, 0.1) is 0 Å². The van der Waals surface area contributed by atoms with E-state index in [0.29, 0.717) is 0 Å². The highest BCUT2D eigenvalue weighted by molar-refractivity contribution is 6.57. The maximum atomic E-state index is 2.41. The van der Waals surface area contributed by atoms with Gasteiger partial charge in [0.25, 0.3) is 0 Å². The molecule has 0 aromatic rings. The van der Waals surface area contributed by atoms with Crippen LogP contribution in [-0.2, 0) is 0 Å². The Morgan fingerprint density at radius 1 is 1.00 bits per heavy atom. The van der Waals surface area contributed by atoms with Gasteiger partial charge in [0.1, 0.15) is 6.71 Å². The Labute approximate surface area is 91.3 Å². The molecule has 0 saturated carbocycles. The predicted molar refractivity (Wildman–Crippen MR) is 68.5 cm³/mol. The fourth-order valence-corrected chi connectivity index (χ4v) is 1.66. The van der Waals surface area contributed by atoms with Gasteiger partial charge in [-0.3, -0.25) is 0 Å². The summed E-state index contributed by atoms with van der Waals surface area (Å²) < 4.78 is 0. The van der Waals surface area contributed by atoms with Gasteiger partial charge in [-0.05, 0) is 20.1 Å². The van der Waals surface area contributed by atoms with E-state index in [9.17, 15) is 0 Å². The minimum atomic E-state index is 0.917. The zero-order valence-corrected chi connectivity index (χ0v) is 10.7. The van der Waals surface area contributed by atoms with E-state index in [0.717, 1.165) is 6.71 Å². The normalized spacial score (nSPS) is 10.9. The summed E-state index contributed by atoms with van der Waals surface area (Å²) in [6, 6.07) is 0. The Hall–Kier alpha value is 0.0249. The molecule has 0 N–H and O–H groups in total. The molecule has 0 aromatic carbocycles. The van der Waals surface area contributed by atoms with E-state index in [-0.39, 0.29) is 0 Å². The lowest BCUT2D eigenvalue weighted by atomic mass is 9.46. The van der Waals surface area contributed by atoms with E-state index < -0.39 is 0 Å². The van der Waals surface area contributed by atoms with Crippen LogP contribution in [0.2, 0.25) is 19.5 Å². The second kappa shape index (κ2) is 9.58. The molecule has 0 aliphatic carbocycles. The topological polar surface area (TPSA) is 3.24 Å². The highest BCUT2D eigenvalue weighted by Crippen LogP contribution is 2.09. The van der Waals surface area contributed by atoms with Crippen molar-refractivity contribution in [1.82, 2.24) is 4.90 Å². The van der Waals surface area contributed by atoms with Gasteiger partial charge in [-0.1, -0.05) is 59.0 Å². The number of nitrogens with zero attached hydrogens (tertiary/aromatic N) is 1. The van der Waals surface area contributed by atoms with Crippen molar-refractivity contribution < 1.29 is 0 Å². The minimum absolute atomic E-state index is 0.917. The van der Waals surface area contributed by atoms with Crippen LogP contribution in [0.15, 0.2) is 0 Å². The van der Waals surface area contributed by atoms with Gasteiger partial charge in [0.15, 0.2) is 0 Å². The average Bonchev–Trinajstić information content (AvgIpc) is 2.21. The van der Waals surface area contributed by atoms with Gasteiger partial charge < -0.3 is 4.90 Å². The van der Waals surface area contributed by atoms with E-state index in [1.165, 1.54) is 51.4 Å². The van der Waals surface area contributed by atoms with Crippen LogP contribution in [0.3, 0.4) is 0 Å². The van der Waals surface area contributed by atoms with Crippen molar-refractivity contribution in [2.45, 2.75) is 59.0 Å². The van der Waals surface area contributed by atoms with Crippen LogP contribution in [0.1, 0.15) is 39.5 Å². The van der Waals surface area contributed by atoms with E-state index >= 15 is 0 Å². The SMILES string of the molecule is CCCCCCB(C)CCN(C)CC. The van der Waals surface area contributed by atoms with Gasteiger partial charge in [0.2, 0.25) is 0 Å². The van der Waals surface area contributed by atoms with E-state index in [1.807, 2.05) is 0 Å². The molecule has 0 rings (SSSR count). The van der Waals surface area contributed by atoms with Crippen molar-refractivity contribution in [2.24, 2.45) is 0 Å². The van der Waals surface area contributed by atoms with Crippen molar-refractivity contribution in [3.8, 4) is 0 Å². The van der Waals surface area contributed by atoms with Gasteiger partial charge in [-0.25, -0.2) is 0 Å². The number of hydrogen-bond donors (Lipinski definition) is 0. The summed E-state index contributed by atoms with van der Waals surface area (Å²) in [7, 11) is 2.21. The molecule has 84 valence electrons. The summed E-state index contributed by atoms with van der Waals surface area (Å²) in [6.45, 7) is 10.3. The van der Waals surface area contributed by atoms with Crippen molar-refractivity contribution in [3.05, 3.63) is 0 Å². The average molecular weight is 197 g/mol. The molecule has 0 bridgehead atoms. The first-order chi connectivity index (χ1) is 6.70. The lowest BCUT2D eigenvalue weighted by Crippen LogP contribution is -2.22. The summed E-state index contributed by atoms with van der Waals surface area (Å²) >= 11 is 0. The zero-order valence-electron chi connectivity index (χ0n) is 10.7. The summed E-state index contributed by atoms with van der Waals surface area (Å²) in [5.41, 5.74) is 0. The molecule has 0 fully saturated rings. The Morgan fingerprint density at radius 2 is 1.71 bits per heavy atom. The monoisotopic (exact) mass is 197 g/mol. The van der Waals surface area contributed by atoms with Crippen LogP contribution in [0.5, 0.6) is 0 Å². The lowest BCUT2D eigenvalue weighted by Gasteiger charge is -2.15. The molecule has 0 radical (unpaired) electrons. The van der Waals surface area contributed by atoms with Crippen LogP contribution in [0.4, 0.5) is 0 Å². The Morgan fingerprint density at radius 3 is 2.29 bits per heavy atom. The van der Waals surface area contributed by atoms with Gasteiger partial charge in [0, 0.05) is 0 Å². The van der Waals surface area contributed by atoms with Crippen LogP contribution in [0.25, 0.3) is 0 Å². The standard InChI is InChI=1S/C12H28BN/c1-5-7-8-9-10-13(3)11-12-14(4)6-2/h5-12H2,1-4H3. The summed E-state index contributed by atoms with van der Waals surface area (Å²) in [6.07, 6.45) is 8.44. The van der Waals surface area contributed by atoms with Crippen molar-refractivity contribution >= 4 is 6.71 Å². The molecule has 0 atom stereocenters. The van der Waals surface area contributed by atoms with Crippen LogP contribution in [-0.4, -0.2) is 31.7 Å². The molecule has 2 heteroatoms. The Kier molecular flexibility index (Phi) is 9.59. The molecule has 0 amide bonds. The van der Waals surface area contributed by atoms with Crippen molar-refractivity contribution in [2.75, 3.05) is 20.1 Å². The number of hydrogen-bond acceptors (Lipinski definition) is 1. The predicted octanol–water partition coefficient (Wildman–Crippen LogP) is 3.64. The first-order valence-electron chi connectivity index (χ1n) is 6.39. The van der Waals surface area contributed by atoms with Crippen molar-refractivity contribution in [3.63, 3.8) is 0 Å². The van der Waals surface area contributed by atoms with E-state index in [1.54, 1.807) is 0 Å². The fraction of sp³-hybridized carbons (Fsp3) is 1.00. The molecule has 0 aliphatic heterocycles. The molecule has 1 nitrogen and oxygen atoms in total. The molecule has 0 saturated heterocycles. The Balaban J connectivity index is 3.23. The fourth-order valence-electron chi connectivity index (χ4n) is 1.66. The maximum Gasteiger partial charge on any atom is 0.137 e. The summed E-state index contributed by atoms with van der Waals surface area (Å²) in [5.74, 6) is 0. The van der Waals surface area contributed by atoms with E-state index in [2.05, 4.69) is 32.6 Å². The molecular formula is C12H28BN. The summed E-state index contributed by atoms with van der Waals surface area (Å²) in [4.78, 5) is 2.41. The first-order valence-corrected chi connectivity index (χ1v) is 6.39. The van der Waals surface area contributed by atoms with E-state index in [4.69, 9.17) is 0 Å². The quantitative estimate of drug-likeness (QED) is 0.403. The largest absolute Gasteiger partial charge is 0.307 e. The third-order valence-electron chi connectivity index (χ3n) is 3.09. The Bertz CT molecular complexity index is 117.